The van der Waals surface area contributed by atoms with E-state index in [-0.39, 0.29) is 17.9 Å². The molecule has 2 aliphatic rings. The van der Waals surface area contributed by atoms with Crippen LogP contribution in [-0.4, -0.2) is 40.2 Å². The number of carbonyl (C=O) groups excluding carboxylic acids is 1. The van der Waals surface area contributed by atoms with Crippen LogP contribution in [0.15, 0.2) is 24.3 Å². The van der Waals surface area contributed by atoms with Gasteiger partial charge in [-0.15, -0.1) is 5.10 Å². The molecule has 2 heterocycles. The summed E-state index contributed by atoms with van der Waals surface area (Å²) in [6.07, 6.45) is 9.14. The van der Waals surface area contributed by atoms with Crippen molar-refractivity contribution in [2.75, 3.05) is 13.1 Å². The Labute approximate surface area is 131 Å². The highest BCUT2D eigenvalue weighted by Crippen LogP contribution is 2.23. The second kappa shape index (κ2) is 6.90. The lowest BCUT2D eigenvalue weighted by Crippen LogP contribution is -2.46. The summed E-state index contributed by atoms with van der Waals surface area (Å²) in [5.41, 5.74) is 0.873. The van der Waals surface area contributed by atoms with Crippen LogP contribution in [-0.2, 0) is 4.79 Å². The molecule has 0 bridgehead atoms. The lowest BCUT2D eigenvalue weighted by molar-refractivity contribution is -0.138. The predicted octanol–water partition coefficient (Wildman–Crippen LogP) is 2.51. The molecule has 0 unspecified atom stereocenters. The molecular formula is C17H23N3O2. The Bertz CT molecular complexity index is 541. The fourth-order valence-electron chi connectivity index (χ4n) is 3.13. The van der Waals surface area contributed by atoms with Crippen molar-refractivity contribution in [2.45, 2.75) is 45.1 Å². The van der Waals surface area contributed by atoms with Crippen LogP contribution in [0.2, 0.25) is 0 Å². The third-order valence-corrected chi connectivity index (χ3v) is 4.37. The lowest BCUT2D eigenvalue weighted by Gasteiger charge is -2.35. The highest BCUT2D eigenvalue weighted by atomic mass is 16.5. The average Bonchev–Trinajstić information content (AvgIpc) is 2.57. The van der Waals surface area contributed by atoms with Crippen LogP contribution in [0.5, 0.6) is 5.88 Å². The molecule has 3 rings (SSSR count). The SMILES string of the molecule is Cc1ccc(O[C@H]2CCCN(C(=O)[C@@H]3CC=CCC3)C2)nn1. The number of ether oxygens (including phenoxy) is 1. The molecule has 1 amide bonds. The number of hydrogen-bond donors (Lipinski definition) is 0. The first kappa shape index (κ1) is 15.0. The fraction of sp³-hybridized carbons (Fsp3) is 0.588. The van der Waals surface area contributed by atoms with Crippen molar-refractivity contribution >= 4 is 5.91 Å². The summed E-state index contributed by atoms with van der Waals surface area (Å²) in [7, 11) is 0. The zero-order valence-corrected chi connectivity index (χ0v) is 13.1. The first-order valence-electron chi connectivity index (χ1n) is 8.13. The molecule has 0 spiro atoms. The molecular weight excluding hydrogens is 278 g/mol. The summed E-state index contributed by atoms with van der Waals surface area (Å²) >= 11 is 0. The van der Waals surface area contributed by atoms with Gasteiger partial charge in [-0.2, -0.15) is 5.10 Å². The topological polar surface area (TPSA) is 55.3 Å². The van der Waals surface area contributed by atoms with E-state index in [2.05, 4.69) is 22.3 Å². The molecule has 0 radical (unpaired) electrons. The van der Waals surface area contributed by atoms with Gasteiger partial charge in [0, 0.05) is 18.5 Å². The zero-order valence-electron chi connectivity index (χ0n) is 13.1. The quantitative estimate of drug-likeness (QED) is 0.805. The zero-order chi connectivity index (χ0) is 15.4. The Hall–Kier alpha value is -1.91. The standard InChI is InChI=1S/C17H23N3O2/c1-13-9-10-16(19-18-13)22-15-8-5-11-20(12-15)17(21)14-6-3-2-4-7-14/h2-3,9-10,14-15H,4-8,11-12H2,1H3/t14-,15+/m1/s1. The number of piperidine rings is 1. The largest absolute Gasteiger partial charge is 0.471 e. The molecule has 1 aromatic rings. The number of amides is 1. The van der Waals surface area contributed by atoms with Crippen LogP contribution >= 0.6 is 0 Å². The summed E-state index contributed by atoms with van der Waals surface area (Å²) in [5, 5.41) is 8.06. The maximum atomic E-state index is 12.6. The van der Waals surface area contributed by atoms with Gasteiger partial charge in [0.05, 0.1) is 12.2 Å². The molecule has 118 valence electrons. The minimum Gasteiger partial charge on any atom is -0.471 e. The minimum absolute atomic E-state index is 0.0221. The number of likely N-dealkylation sites (tertiary alicyclic amines) is 1. The maximum absolute atomic E-state index is 12.6. The smallest absolute Gasteiger partial charge is 0.233 e. The maximum Gasteiger partial charge on any atom is 0.233 e. The van der Waals surface area contributed by atoms with Crippen molar-refractivity contribution < 1.29 is 9.53 Å². The first-order valence-corrected chi connectivity index (χ1v) is 8.13. The van der Waals surface area contributed by atoms with Gasteiger partial charge < -0.3 is 9.64 Å². The average molecular weight is 301 g/mol. The van der Waals surface area contributed by atoms with Crippen LogP contribution in [0.4, 0.5) is 0 Å². The van der Waals surface area contributed by atoms with Crippen LogP contribution < -0.4 is 4.74 Å². The number of aryl methyl sites for hydroxylation is 1. The highest BCUT2D eigenvalue weighted by Gasteiger charge is 2.29. The molecule has 0 saturated carbocycles. The summed E-state index contributed by atoms with van der Waals surface area (Å²) in [6.45, 7) is 3.41. The highest BCUT2D eigenvalue weighted by molar-refractivity contribution is 5.79. The molecule has 5 nitrogen and oxygen atoms in total. The monoisotopic (exact) mass is 301 g/mol. The molecule has 1 aliphatic heterocycles. The van der Waals surface area contributed by atoms with Crippen LogP contribution in [0.3, 0.4) is 0 Å². The van der Waals surface area contributed by atoms with Crippen molar-refractivity contribution in [1.29, 1.82) is 0 Å². The van der Waals surface area contributed by atoms with Gasteiger partial charge >= 0.3 is 0 Å². The van der Waals surface area contributed by atoms with Crippen LogP contribution in [0.25, 0.3) is 0 Å². The van der Waals surface area contributed by atoms with E-state index in [1.165, 1.54) is 0 Å². The molecule has 1 fully saturated rings. The van der Waals surface area contributed by atoms with Gasteiger partial charge in [0.25, 0.3) is 0 Å². The third-order valence-electron chi connectivity index (χ3n) is 4.37. The predicted molar refractivity (Wildman–Crippen MR) is 83.5 cm³/mol. The fourth-order valence-corrected chi connectivity index (χ4v) is 3.13. The molecule has 22 heavy (non-hydrogen) atoms. The Kier molecular flexibility index (Phi) is 4.71. The number of aromatic nitrogens is 2. The van der Waals surface area contributed by atoms with E-state index < -0.39 is 0 Å². The van der Waals surface area contributed by atoms with Crippen molar-refractivity contribution in [2.24, 2.45) is 5.92 Å². The first-order chi connectivity index (χ1) is 10.7. The van der Waals surface area contributed by atoms with E-state index >= 15 is 0 Å². The van der Waals surface area contributed by atoms with Crippen LogP contribution in [0, 0.1) is 12.8 Å². The lowest BCUT2D eigenvalue weighted by atomic mass is 9.92. The second-order valence-corrected chi connectivity index (χ2v) is 6.16. The third kappa shape index (κ3) is 3.64. The molecule has 0 aromatic carbocycles. The van der Waals surface area contributed by atoms with Gasteiger partial charge in [-0.25, -0.2) is 0 Å². The van der Waals surface area contributed by atoms with E-state index in [0.717, 1.165) is 44.3 Å². The van der Waals surface area contributed by atoms with Gasteiger partial charge in [0.15, 0.2) is 0 Å². The van der Waals surface area contributed by atoms with E-state index in [4.69, 9.17) is 4.74 Å². The molecule has 5 heteroatoms. The Balaban J connectivity index is 1.57. The second-order valence-electron chi connectivity index (χ2n) is 6.16. The molecule has 2 atom stereocenters. The number of rotatable bonds is 3. The Morgan fingerprint density at radius 1 is 1.27 bits per heavy atom. The van der Waals surface area contributed by atoms with E-state index in [1.54, 1.807) is 0 Å². The van der Waals surface area contributed by atoms with Gasteiger partial charge in [0.2, 0.25) is 11.8 Å². The minimum atomic E-state index is 0.0221. The summed E-state index contributed by atoms with van der Waals surface area (Å²) < 4.78 is 5.90. The normalized spacial score (nSPS) is 25.0. The van der Waals surface area contributed by atoms with E-state index in [0.29, 0.717) is 12.4 Å². The molecule has 1 aromatic heterocycles. The number of carbonyl (C=O) groups is 1. The number of hydrogen-bond acceptors (Lipinski definition) is 4. The van der Waals surface area contributed by atoms with Crippen molar-refractivity contribution in [3.8, 4) is 5.88 Å². The Morgan fingerprint density at radius 3 is 2.91 bits per heavy atom. The molecule has 1 aliphatic carbocycles. The van der Waals surface area contributed by atoms with Gasteiger partial charge in [-0.05, 0) is 45.1 Å². The van der Waals surface area contributed by atoms with Crippen molar-refractivity contribution in [3.05, 3.63) is 30.0 Å². The van der Waals surface area contributed by atoms with Crippen molar-refractivity contribution in [3.63, 3.8) is 0 Å². The number of allylic oxidation sites excluding steroid dienone is 2. The molecule has 1 saturated heterocycles. The van der Waals surface area contributed by atoms with E-state index in [9.17, 15) is 4.79 Å². The summed E-state index contributed by atoms with van der Waals surface area (Å²) in [4.78, 5) is 14.6. The number of nitrogens with zero attached hydrogens (tertiary/aromatic N) is 3. The Morgan fingerprint density at radius 2 is 2.18 bits per heavy atom. The molecule has 0 N–H and O–H groups in total. The van der Waals surface area contributed by atoms with Gasteiger partial charge in [-0.3, -0.25) is 4.79 Å². The summed E-state index contributed by atoms with van der Waals surface area (Å²) in [5.74, 6) is 0.987. The summed E-state index contributed by atoms with van der Waals surface area (Å²) in [6, 6.07) is 3.73. The van der Waals surface area contributed by atoms with Crippen LogP contribution in [0.1, 0.15) is 37.8 Å². The van der Waals surface area contributed by atoms with Crippen molar-refractivity contribution in [1.82, 2.24) is 15.1 Å². The van der Waals surface area contributed by atoms with Gasteiger partial charge in [-0.1, -0.05) is 12.2 Å². The van der Waals surface area contributed by atoms with E-state index in [1.807, 2.05) is 24.0 Å². The van der Waals surface area contributed by atoms with Gasteiger partial charge in [0.1, 0.15) is 6.10 Å².